The second kappa shape index (κ2) is 4.30. The molecule has 3 heteroatoms. The average molecular weight is 273 g/mol. The van der Waals surface area contributed by atoms with Crippen molar-refractivity contribution in [3.63, 3.8) is 0 Å². The summed E-state index contributed by atoms with van der Waals surface area (Å²) in [6, 6.07) is 11.8. The predicted octanol–water partition coefficient (Wildman–Crippen LogP) is 2.97. The van der Waals surface area contributed by atoms with Gasteiger partial charge in [-0.2, -0.15) is 0 Å². The molecule has 2 saturated heterocycles. The van der Waals surface area contributed by atoms with E-state index in [0.29, 0.717) is 24.1 Å². The fourth-order valence-corrected chi connectivity index (χ4v) is 4.33. The molecule has 108 valence electrons. The van der Waals surface area contributed by atoms with Crippen LogP contribution < -0.4 is 0 Å². The van der Waals surface area contributed by atoms with Crippen LogP contribution in [0.3, 0.4) is 0 Å². The molecule has 1 aromatic carbocycles. The number of piperidine rings is 1. The Bertz CT molecular complexity index is 501. The lowest BCUT2D eigenvalue weighted by Gasteiger charge is -2.37. The van der Waals surface area contributed by atoms with Gasteiger partial charge in [0, 0.05) is 24.5 Å². The summed E-state index contributed by atoms with van der Waals surface area (Å²) in [6.45, 7) is 7.53. The van der Waals surface area contributed by atoms with Crippen molar-refractivity contribution in [1.82, 2.24) is 4.90 Å². The second-order valence-corrected chi connectivity index (χ2v) is 6.91. The van der Waals surface area contributed by atoms with Gasteiger partial charge in [-0.05, 0) is 32.8 Å². The largest absolute Gasteiger partial charge is 0.344 e. The Morgan fingerprint density at radius 3 is 2.60 bits per heavy atom. The fourth-order valence-electron chi connectivity index (χ4n) is 4.33. The summed E-state index contributed by atoms with van der Waals surface area (Å²) in [4.78, 5) is 2.62. The van der Waals surface area contributed by atoms with Crippen LogP contribution in [0.25, 0.3) is 0 Å². The maximum atomic E-state index is 6.16. The average Bonchev–Trinajstić information content (AvgIpc) is 3.07. The minimum Gasteiger partial charge on any atom is -0.344 e. The predicted molar refractivity (Wildman–Crippen MR) is 77.3 cm³/mol. The number of nitrogens with zero attached hydrogens (tertiary/aromatic N) is 1. The Morgan fingerprint density at radius 1 is 1.15 bits per heavy atom. The number of benzene rings is 1. The molecular formula is C17H23NO2. The highest BCUT2D eigenvalue weighted by molar-refractivity contribution is 5.21. The lowest BCUT2D eigenvalue weighted by molar-refractivity contribution is -0.155. The molecule has 0 amide bonds. The summed E-state index contributed by atoms with van der Waals surface area (Å²) in [5.41, 5.74) is 1.40. The van der Waals surface area contributed by atoms with Gasteiger partial charge in [-0.25, -0.2) is 0 Å². The lowest BCUT2D eigenvalue weighted by atomic mass is 10.00. The van der Waals surface area contributed by atoms with E-state index in [9.17, 15) is 0 Å². The van der Waals surface area contributed by atoms with E-state index in [-0.39, 0.29) is 6.10 Å². The van der Waals surface area contributed by atoms with E-state index in [0.717, 1.165) is 6.54 Å². The standard InChI is InChI=1S/C17H23NO2/c1-11(12-7-5-4-6-8-12)18-10-13-9-14(18)16-15(13)19-17(2,3)20-16/h4-8,11,13-16H,9-10H2,1-3H3/t11-,13+,14+,15+,16-/m0/s1. The molecule has 3 nitrogen and oxygen atoms in total. The van der Waals surface area contributed by atoms with Crippen molar-refractivity contribution in [2.24, 2.45) is 5.92 Å². The van der Waals surface area contributed by atoms with Crippen LogP contribution in [0.1, 0.15) is 38.8 Å². The third-order valence-corrected chi connectivity index (χ3v) is 5.20. The lowest BCUT2D eigenvalue weighted by Crippen LogP contribution is -2.47. The monoisotopic (exact) mass is 273 g/mol. The van der Waals surface area contributed by atoms with Crippen molar-refractivity contribution in [2.75, 3.05) is 6.54 Å². The van der Waals surface area contributed by atoms with E-state index >= 15 is 0 Å². The second-order valence-electron chi connectivity index (χ2n) is 6.91. The fraction of sp³-hybridized carbons (Fsp3) is 0.647. The Hall–Kier alpha value is -0.900. The summed E-state index contributed by atoms with van der Waals surface area (Å²) in [6.07, 6.45) is 1.80. The molecule has 2 heterocycles. The molecule has 1 aliphatic carbocycles. The van der Waals surface area contributed by atoms with Crippen molar-refractivity contribution in [3.8, 4) is 0 Å². The van der Waals surface area contributed by atoms with Gasteiger partial charge < -0.3 is 9.47 Å². The molecule has 4 rings (SSSR count). The number of hydrogen-bond acceptors (Lipinski definition) is 3. The zero-order chi connectivity index (χ0) is 13.9. The van der Waals surface area contributed by atoms with Gasteiger partial charge in [-0.1, -0.05) is 30.3 Å². The van der Waals surface area contributed by atoms with Crippen LogP contribution in [0.15, 0.2) is 30.3 Å². The first-order chi connectivity index (χ1) is 9.55. The van der Waals surface area contributed by atoms with E-state index in [4.69, 9.17) is 9.47 Å². The Balaban J connectivity index is 1.56. The number of rotatable bonds is 2. The first-order valence-corrected chi connectivity index (χ1v) is 7.71. The van der Waals surface area contributed by atoms with Crippen LogP contribution >= 0.6 is 0 Å². The van der Waals surface area contributed by atoms with Crippen LogP contribution in [0, 0.1) is 5.92 Å². The van der Waals surface area contributed by atoms with E-state index in [1.54, 1.807) is 0 Å². The Morgan fingerprint density at radius 2 is 1.85 bits per heavy atom. The molecule has 0 N–H and O–H groups in total. The van der Waals surface area contributed by atoms with E-state index in [2.05, 4.69) is 42.2 Å². The molecule has 20 heavy (non-hydrogen) atoms. The van der Waals surface area contributed by atoms with Crippen LogP contribution in [0.5, 0.6) is 0 Å². The quantitative estimate of drug-likeness (QED) is 0.827. The Kier molecular flexibility index (Phi) is 2.75. The maximum absolute atomic E-state index is 6.16. The zero-order valence-corrected chi connectivity index (χ0v) is 12.5. The van der Waals surface area contributed by atoms with Gasteiger partial charge in [-0.3, -0.25) is 4.90 Å². The maximum Gasteiger partial charge on any atom is 0.163 e. The molecule has 3 fully saturated rings. The van der Waals surface area contributed by atoms with Crippen LogP contribution in [-0.4, -0.2) is 35.5 Å². The van der Waals surface area contributed by atoms with Crippen LogP contribution in [-0.2, 0) is 9.47 Å². The number of ether oxygens (including phenoxy) is 2. The molecule has 2 bridgehead atoms. The normalized spacial score (nSPS) is 40.0. The smallest absolute Gasteiger partial charge is 0.163 e. The number of likely N-dealkylation sites (tertiary alicyclic amines) is 1. The van der Waals surface area contributed by atoms with Gasteiger partial charge in [0.15, 0.2) is 5.79 Å². The van der Waals surface area contributed by atoms with Crippen molar-refractivity contribution >= 4 is 0 Å². The summed E-state index contributed by atoms with van der Waals surface area (Å²) >= 11 is 0. The number of hydrogen-bond donors (Lipinski definition) is 0. The molecule has 0 unspecified atom stereocenters. The molecule has 0 spiro atoms. The van der Waals surface area contributed by atoms with Crippen molar-refractivity contribution in [2.45, 2.75) is 57.3 Å². The van der Waals surface area contributed by atoms with Gasteiger partial charge >= 0.3 is 0 Å². The van der Waals surface area contributed by atoms with E-state index in [1.807, 2.05) is 13.8 Å². The van der Waals surface area contributed by atoms with Crippen molar-refractivity contribution < 1.29 is 9.47 Å². The van der Waals surface area contributed by atoms with Crippen molar-refractivity contribution in [3.05, 3.63) is 35.9 Å². The summed E-state index contributed by atoms with van der Waals surface area (Å²) in [5.74, 6) is 0.232. The minimum absolute atomic E-state index is 0.259. The molecule has 3 aliphatic rings. The summed E-state index contributed by atoms with van der Waals surface area (Å²) < 4.78 is 12.3. The molecule has 0 radical (unpaired) electrons. The molecule has 0 aromatic heterocycles. The summed E-state index contributed by atoms with van der Waals surface area (Å²) in [5, 5.41) is 0. The zero-order valence-electron chi connectivity index (χ0n) is 12.5. The third-order valence-electron chi connectivity index (χ3n) is 5.20. The van der Waals surface area contributed by atoms with Crippen LogP contribution in [0.4, 0.5) is 0 Å². The SMILES string of the molecule is C[C@@H](c1ccccc1)N1C[C@H]2C[C@@H]1[C@@H]1OC(C)(C)O[C@H]21. The van der Waals surface area contributed by atoms with Gasteiger partial charge in [0.2, 0.25) is 0 Å². The van der Waals surface area contributed by atoms with E-state index < -0.39 is 5.79 Å². The highest BCUT2D eigenvalue weighted by Gasteiger charge is 2.60. The van der Waals surface area contributed by atoms with Gasteiger partial charge in [0.05, 0.1) is 6.10 Å². The highest BCUT2D eigenvalue weighted by atomic mass is 16.8. The topological polar surface area (TPSA) is 21.7 Å². The van der Waals surface area contributed by atoms with Gasteiger partial charge in [0.1, 0.15) is 6.10 Å². The first-order valence-electron chi connectivity index (χ1n) is 7.71. The van der Waals surface area contributed by atoms with Crippen LogP contribution in [0.2, 0.25) is 0 Å². The van der Waals surface area contributed by atoms with Crippen molar-refractivity contribution in [1.29, 1.82) is 0 Å². The molecule has 1 aromatic rings. The molecular weight excluding hydrogens is 250 g/mol. The van der Waals surface area contributed by atoms with E-state index in [1.165, 1.54) is 12.0 Å². The summed E-state index contributed by atoms with van der Waals surface area (Å²) in [7, 11) is 0. The third kappa shape index (κ3) is 1.84. The molecule has 1 saturated carbocycles. The highest BCUT2D eigenvalue weighted by Crippen LogP contribution is 2.50. The number of fused-ring (bicyclic) bond motifs is 5. The minimum atomic E-state index is -0.405. The Labute approximate surface area is 120 Å². The molecule has 2 aliphatic heterocycles. The van der Waals surface area contributed by atoms with Gasteiger partial charge in [0.25, 0.3) is 0 Å². The van der Waals surface area contributed by atoms with Gasteiger partial charge in [-0.15, -0.1) is 0 Å². The first kappa shape index (κ1) is 12.8. The molecule has 5 atom stereocenters.